The van der Waals surface area contributed by atoms with Crippen molar-refractivity contribution in [2.24, 2.45) is 0 Å². The SMILES string of the molecule is CCOC(=O)[C@H]1CCCCN1Cc1cccc(OC2CCN(C(=O)c3cc4ncccn4n3)CC2)c1. The maximum atomic E-state index is 12.9. The van der Waals surface area contributed by atoms with Crippen molar-refractivity contribution < 1.29 is 19.1 Å². The number of hydrogen-bond donors (Lipinski definition) is 0. The van der Waals surface area contributed by atoms with E-state index in [2.05, 4.69) is 27.1 Å². The Kier molecular flexibility index (Phi) is 7.46. The first kappa shape index (κ1) is 24.2. The van der Waals surface area contributed by atoms with Gasteiger partial charge in [0.15, 0.2) is 11.3 Å². The van der Waals surface area contributed by atoms with Gasteiger partial charge in [0, 0.05) is 50.9 Å². The third-order valence-electron chi connectivity index (χ3n) is 6.94. The maximum Gasteiger partial charge on any atom is 0.323 e. The van der Waals surface area contributed by atoms with Crippen molar-refractivity contribution in [1.82, 2.24) is 24.4 Å². The van der Waals surface area contributed by atoms with E-state index in [1.165, 1.54) is 0 Å². The number of nitrogens with zero attached hydrogens (tertiary/aromatic N) is 5. The summed E-state index contributed by atoms with van der Waals surface area (Å²) < 4.78 is 13.2. The molecule has 3 aromatic rings. The van der Waals surface area contributed by atoms with Gasteiger partial charge in [0.2, 0.25) is 0 Å². The maximum absolute atomic E-state index is 12.9. The lowest BCUT2D eigenvalue weighted by Gasteiger charge is -2.34. The number of amides is 1. The summed E-state index contributed by atoms with van der Waals surface area (Å²) in [5.74, 6) is 0.637. The molecule has 0 radical (unpaired) electrons. The molecule has 190 valence electrons. The second kappa shape index (κ2) is 11.1. The molecule has 9 nitrogen and oxygen atoms in total. The van der Waals surface area contributed by atoms with Crippen molar-refractivity contribution >= 4 is 17.5 Å². The average molecular weight is 492 g/mol. The number of likely N-dealkylation sites (tertiary alicyclic amines) is 2. The quantitative estimate of drug-likeness (QED) is 0.469. The molecule has 2 saturated heterocycles. The second-order valence-corrected chi connectivity index (χ2v) is 9.44. The highest BCUT2D eigenvalue weighted by Crippen LogP contribution is 2.25. The number of benzene rings is 1. The Morgan fingerprint density at radius 1 is 1.06 bits per heavy atom. The van der Waals surface area contributed by atoms with Crippen LogP contribution in [0.1, 0.15) is 55.1 Å². The van der Waals surface area contributed by atoms with E-state index >= 15 is 0 Å². The van der Waals surface area contributed by atoms with E-state index in [1.807, 2.05) is 24.0 Å². The van der Waals surface area contributed by atoms with Gasteiger partial charge in [-0.2, -0.15) is 5.10 Å². The van der Waals surface area contributed by atoms with Crippen molar-refractivity contribution in [2.45, 2.75) is 57.7 Å². The molecule has 2 aliphatic rings. The Morgan fingerprint density at radius 3 is 2.72 bits per heavy atom. The number of rotatable bonds is 7. The van der Waals surface area contributed by atoms with Crippen LogP contribution in [0.3, 0.4) is 0 Å². The molecule has 2 fully saturated rings. The van der Waals surface area contributed by atoms with Crippen molar-refractivity contribution in [3.8, 4) is 5.75 Å². The summed E-state index contributed by atoms with van der Waals surface area (Å²) >= 11 is 0. The minimum atomic E-state index is -0.172. The molecule has 1 aromatic carbocycles. The largest absolute Gasteiger partial charge is 0.490 e. The fourth-order valence-corrected chi connectivity index (χ4v) is 5.10. The molecule has 9 heteroatoms. The van der Waals surface area contributed by atoms with Crippen LogP contribution in [0.25, 0.3) is 5.65 Å². The van der Waals surface area contributed by atoms with E-state index in [1.54, 1.807) is 29.0 Å². The lowest BCUT2D eigenvalue weighted by Crippen LogP contribution is -2.44. The van der Waals surface area contributed by atoms with Crippen molar-refractivity contribution in [2.75, 3.05) is 26.2 Å². The Bertz CT molecular complexity index is 1170. The van der Waals surface area contributed by atoms with E-state index in [0.717, 1.165) is 50.0 Å². The van der Waals surface area contributed by atoms with Crippen LogP contribution in [-0.2, 0) is 16.1 Å². The van der Waals surface area contributed by atoms with E-state index in [9.17, 15) is 9.59 Å². The minimum Gasteiger partial charge on any atom is -0.490 e. The van der Waals surface area contributed by atoms with Crippen LogP contribution in [0.5, 0.6) is 5.75 Å². The molecule has 0 bridgehead atoms. The summed E-state index contributed by atoms with van der Waals surface area (Å²) in [6.45, 7) is 5.10. The fourth-order valence-electron chi connectivity index (χ4n) is 5.10. The number of aromatic nitrogens is 3. The zero-order chi connectivity index (χ0) is 24.9. The van der Waals surface area contributed by atoms with E-state index in [-0.39, 0.29) is 24.0 Å². The van der Waals surface area contributed by atoms with Crippen LogP contribution in [0, 0.1) is 0 Å². The third-order valence-corrected chi connectivity index (χ3v) is 6.94. The van der Waals surface area contributed by atoms with Gasteiger partial charge in [-0.15, -0.1) is 0 Å². The van der Waals surface area contributed by atoms with Gasteiger partial charge in [0.05, 0.1) is 6.61 Å². The molecule has 0 spiro atoms. The molecule has 1 amide bonds. The van der Waals surface area contributed by atoms with Gasteiger partial charge in [-0.1, -0.05) is 18.6 Å². The van der Waals surface area contributed by atoms with Gasteiger partial charge in [0.1, 0.15) is 17.9 Å². The first-order valence-electron chi connectivity index (χ1n) is 12.9. The van der Waals surface area contributed by atoms with Crippen LogP contribution in [0.2, 0.25) is 0 Å². The smallest absolute Gasteiger partial charge is 0.323 e. The molecule has 2 aliphatic heterocycles. The average Bonchev–Trinajstić information content (AvgIpc) is 3.34. The first-order valence-corrected chi connectivity index (χ1v) is 12.9. The monoisotopic (exact) mass is 491 g/mol. The molecule has 5 rings (SSSR count). The molecular weight excluding hydrogens is 458 g/mol. The molecule has 1 atom stereocenters. The normalized spacial score (nSPS) is 19.4. The highest BCUT2D eigenvalue weighted by atomic mass is 16.5. The van der Waals surface area contributed by atoms with Crippen LogP contribution in [0.15, 0.2) is 48.8 Å². The van der Waals surface area contributed by atoms with Gasteiger partial charge in [-0.05, 0) is 50.1 Å². The van der Waals surface area contributed by atoms with Crippen LogP contribution >= 0.6 is 0 Å². The molecule has 4 heterocycles. The minimum absolute atomic E-state index is 0.0503. The summed E-state index contributed by atoms with van der Waals surface area (Å²) in [4.78, 5) is 33.6. The number of ether oxygens (including phenoxy) is 2. The van der Waals surface area contributed by atoms with Gasteiger partial charge >= 0.3 is 5.97 Å². The van der Waals surface area contributed by atoms with Gasteiger partial charge in [0.25, 0.3) is 5.91 Å². The number of esters is 1. The first-order chi connectivity index (χ1) is 17.6. The number of carbonyl (C=O) groups excluding carboxylic acids is 2. The second-order valence-electron chi connectivity index (χ2n) is 9.44. The zero-order valence-electron chi connectivity index (χ0n) is 20.7. The van der Waals surface area contributed by atoms with Gasteiger partial charge in [-0.3, -0.25) is 14.5 Å². The van der Waals surface area contributed by atoms with Crippen molar-refractivity contribution in [3.05, 3.63) is 60.0 Å². The summed E-state index contributed by atoms with van der Waals surface area (Å²) in [7, 11) is 0. The highest BCUT2D eigenvalue weighted by Gasteiger charge is 2.30. The third kappa shape index (κ3) is 5.51. The topological polar surface area (TPSA) is 89.3 Å². The lowest BCUT2D eigenvalue weighted by molar-refractivity contribution is -0.151. The van der Waals surface area contributed by atoms with Gasteiger partial charge < -0.3 is 14.4 Å². The van der Waals surface area contributed by atoms with Crippen LogP contribution < -0.4 is 4.74 Å². The number of fused-ring (bicyclic) bond motifs is 1. The fraction of sp³-hybridized carbons (Fsp3) is 0.481. The molecule has 0 saturated carbocycles. The predicted molar refractivity (Wildman–Crippen MR) is 134 cm³/mol. The molecular formula is C27H33N5O4. The molecule has 0 N–H and O–H groups in total. The Labute approximate surface area is 211 Å². The number of carbonyl (C=O) groups is 2. The molecule has 2 aromatic heterocycles. The number of hydrogen-bond acceptors (Lipinski definition) is 7. The Balaban J connectivity index is 1.16. The Morgan fingerprint density at radius 2 is 1.92 bits per heavy atom. The lowest BCUT2D eigenvalue weighted by atomic mass is 10.0. The zero-order valence-corrected chi connectivity index (χ0v) is 20.7. The highest BCUT2D eigenvalue weighted by molar-refractivity contribution is 5.93. The van der Waals surface area contributed by atoms with Gasteiger partial charge in [-0.25, -0.2) is 9.50 Å². The Hall–Kier alpha value is -3.46. The van der Waals surface area contributed by atoms with Crippen LogP contribution in [0.4, 0.5) is 0 Å². The summed E-state index contributed by atoms with van der Waals surface area (Å²) in [5.41, 5.74) is 2.20. The molecule has 36 heavy (non-hydrogen) atoms. The molecule has 0 aliphatic carbocycles. The van der Waals surface area contributed by atoms with Crippen molar-refractivity contribution in [1.29, 1.82) is 0 Å². The summed E-state index contributed by atoms with van der Waals surface area (Å²) in [6.07, 6.45) is 8.04. The number of piperidine rings is 2. The van der Waals surface area contributed by atoms with E-state index < -0.39 is 0 Å². The predicted octanol–water partition coefficient (Wildman–Crippen LogP) is 3.33. The summed E-state index contributed by atoms with van der Waals surface area (Å²) in [5, 5.41) is 4.36. The molecule has 0 unspecified atom stereocenters. The standard InChI is InChI=1S/C27H33N5O4/c1-2-35-27(34)24-9-3-4-13-31(24)19-20-7-5-8-22(17-20)36-21-10-15-30(16-11-21)26(33)23-18-25-28-12-6-14-32(25)29-23/h5-8,12,14,17-18,21,24H,2-4,9-11,13,15-16,19H2,1H3/t24-/m1/s1. The van der Waals surface area contributed by atoms with E-state index in [0.29, 0.717) is 37.6 Å². The van der Waals surface area contributed by atoms with Crippen LogP contribution in [-0.4, -0.2) is 74.7 Å². The van der Waals surface area contributed by atoms with E-state index in [4.69, 9.17) is 9.47 Å². The van der Waals surface area contributed by atoms with Crippen molar-refractivity contribution in [3.63, 3.8) is 0 Å². The summed E-state index contributed by atoms with van der Waals surface area (Å²) in [6, 6.07) is 11.5.